The van der Waals surface area contributed by atoms with E-state index in [2.05, 4.69) is 9.82 Å². The third kappa shape index (κ3) is 4.77. The second-order valence-corrected chi connectivity index (χ2v) is 4.31. The third-order valence-corrected chi connectivity index (χ3v) is 2.75. The summed E-state index contributed by atoms with van der Waals surface area (Å²) in [5.74, 6) is 0.504. The molecule has 5 heteroatoms. The summed E-state index contributed by atoms with van der Waals surface area (Å²) in [6.45, 7) is 2.07. The van der Waals surface area contributed by atoms with Gasteiger partial charge in [-0.1, -0.05) is 18.2 Å². The van der Waals surface area contributed by atoms with Gasteiger partial charge in [-0.3, -0.25) is 9.88 Å². The van der Waals surface area contributed by atoms with Crippen molar-refractivity contribution in [3.05, 3.63) is 30.3 Å². The summed E-state index contributed by atoms with van der Waals surface area (Å²) in [4.78, 5) is 10.8. The number of benzene rings is 1. The Morgan fingerprint density at radius 3 is 2.67 bits per heavy atom. The van der Waals surface area contributed by atoms with Crippen molar-refractivity contribution in [1.29, 1.82) is 0 Å². The van der Waals surface area contributed by atoms with Crippen LogP contribution in [0.15, 0.2) is 30.3 Å². The summed E-state index contributed by atoms with van der Waals surface area (Å²) in [6.07, 6.45) is 0. The minimum Gasteiger partial charge on any atom is -0.468 e. The molecular weight excluding hydrogens is 213 g/mol. The van der Waals surface area contributed by atoms with Crippen molar-refractivity contribution in [2.45, 2.75) is 0 Å². The summed E-state index contributed by atoms with van der Waals surface area (Å²) in [5, 5.41) is 2.95. The molecule has 1 N–H and O–H groups in total. The van der Waals surface area contributed by atoms with E-state index in [0.717, 1.165) is 5.75 Å². The van der Waals surface area contributed by atoms with Crippen molar-refractivity contribution < 1.29 is 14.1 Å². The first-order chi connectivity index (χ1) is 7.22. The molecule has 0 aliphatic rings. The second-order valence-electron chi connectivity index (χ2n) is 2.81. The smallest absolute Gasteiger partial charge is 0.320 e. The van der Waals surface area contributed by atoms with Crippen LogP contribution < -0.4 is 9.61 Å². The van der Waals surface area contributed by atoms with E-state index in [-0.39, 0.29) is 12.5 Å². The van der Waals surface area contributed by atoms with Crippen LogP contribution in [-0.2, 0) is 9.53 Å². The maximum absolute atomic E-state index is 10.8. The number of para-hydroxylation sites is 1. The Balaban J connectivity index is 2.30. The van der Waals surface area contributed by atoms with Crippen molar-refractivity contribution in [1.82, 2.24) is 5.09 Å². The molecule has 0 heterocycles. The molecule has 1 unspecified atom stereocenters. The fourth-order valence-corrected chi connectivity index (χ4v) is 1.77. The second kappa shape index (κ2) is 6.38. The Kier molecular flexibility index (Phi) is 5.08. The van der Waals surface area contributed by atoms with Crippen LogP contribution in [0.25, 0.3) is 0 Å². The highest BCUT2D eigenvalue weighted by atomic mass is 31.2. The maximum Gasteiger partial charge on any atom is 0.320 e. The molecule has 0 bridgehead atoms. The summed E-state index contributed by atoms with van der Waals surface area (Å²) < 4.78 is 10.1. The van der Waals surface area contributed by atoms with Crippen molar-refractivity contribution in [3.63, 3.8) is 0 Å². The predicted molar refractivity (Wildman–Crippen MR) is 59.9 cm³/mol. The lowest BCUT2D eigenvalue weighted by Gasteiger charge is -2.14. The monoisotopic (exact) mass is 227 g/mol. The van der Waals surface area contributed by atoms with Gasteiger partial charge in [0.1, 0.15) is 12.3 Å². The van der Waals surface area contributed by atoms with Gasteiger partial charge in [0.2, 0.25) is 0 Å². The molecule has 82 valence electrons. The zero-order valence-corrected chi connectivity index (χ0v) is 9.66. The van der Waals surface area contributed by atoms with Gasteiger partial charge in [0.15, 0.2) is 8.30 Å². The van der Waals surface area contributed by atoms with E-state index in [9.17, 15) is 4.79 Å². The highest BCUT2D eigenvalue weighted by Crippen LogP contribution is 2.29. The van der Waals surface area contributed by atoms with Crippen molar-refractivity contribution in [2.75, 3.05) is 20.3 Å². The van der Waals surface area contributed by atoms with E-state index in [1.54, 1.807) is 0 Å². The molecule has 0 aliphatic carbocycles. The summed E-state index contributed by atoms with van der Waals surface area (Å²) >= 11 is 0. The van der Waals surface area contributed by atoms with Crippen LogP contribution in [0.5, 0.6) is 5.75 Å². The highest BCUT2D eigenvalue weighted by molar-refractivity contribution is 7.49. The molecule has 0 radical (unpaired) electrons. The molecule has 0 amide bonds. The van der Waals surface area contributed by atoms with E-state index >= 15 is 0 Å². The van der Waals surface area contributed by atoms with E-state index in [0.29, 0.717) is 0 Å². The average Bonchev–Trinajstić information content (AvgIpc) is 2.27. The first kappa shape index (κ1) is 12.0. The number of esters is 1. The first-order valence-electron chi connectivity index (χ1n) is 4.49. The quantitative estimate of drug-likeness (QED) is 0.615. The molecule has 0 spiro atoms. The van der Waals surface area contributed by atoms with Crippen LogP contribution in [0.4, 0.5) is 0 Å². The normalized spacial score (nSPS) is 11.9. The molecule has 0 aromatic heterocycles. The fourth-order valence-electron chi connectivity index (χ4n) is 0.920. The molecule has 15 heavy (non-hydrogen) atoms. The number of rotatable bonds is 5. The molecule has 1 atom stereocenters. The van der Waals surface area contributed by atoms with Gasteiger partial charge >= 0.3 is 5.97 Å². The lowest BCUT2D eigenvalue weighted by Crippen LogP contribution is -2.20. The molecule has 4 nitrogen and oxygen atoms in total. The van der Waals surface area contributed by atoms with Crippen LogP contribution in [0, 0.1) is 0 Å². The van der Waals surface area contributed by atoms with Gasteiger partial charge < -0.3 is 9.26 Å². The molecule has 1 rings (SSSR count). The number of hydrogen-bond donors (Lipinski definition) is 1. The Morgan fingerprint density at radius 1 is 1.40 bits per heavy atom. The van der Waals surface area contributed by atoms with E-state index in [4.69, 9.17) is 4.52 Å². The fraction of sp³-hybridized carbons (Fsp3) is 0.300. The van der Waals surface area contributed by atoms with Crippen LogP contribution in [0.2, 0.25) is 0 Å². The summed E-state index contributed by atoms with van der Waals surface area (Å²) in [7, 11) is 0.515. The van der Waals surface area contributed by atoms with Crippen molar-refractivity contribution in [2.24, 2.45) is 0 Å². The maximum atomic E-state index is 10.8. The number of carbonyl (C=O) groups excluding carboxylic acids is 1. The Hall–Kier alpha value is -1.12. The molecule has 0 saturated heterocycles. The molecule has 0 fully saturated rings. The SMILES string of the molecule is COC(=O)CNP(C)Oc1ccccc1. The summed E-state index contributed by atoms with van der Waals surface area (Å²) in [6, 6.07) is 9.47. The van der Waals surface area contributed by atoms with E-state index in [1.807, 2.05) is 37.0 Å². The lowest BCUT2D eigenvalue weighted by molar-refractivity contribution is -0.139. The van der Waals surface area contributed by atoms with Crippen LogP contribution in [-0.4, -0.2) is 26.3 Å². The number of ether oxygens (including phenoxy) is 1. The largest absolute Gasteiger partial charge is 0.468 e. The molecule has 1 aromatic rings. The first-order valence-corrected chi connectivity index (χ1v) is 6.20. The molecule has 0 aliphatic heterocycles. The summed E-state index contributed by atoms with van der Waals surface area (Å²) in [5.41, 5.74) is 0. The van der Waals surface area contributed by atoms with Gasteiger partial charge in [0.25, 0.3) is 0 Å². The van der Waals surface area contributed by atoms with Crippen molar-refractivity contribution in [3.8, 4) is 5.75 Å². The highest BCUT2D eigenvalue weighted by Gasteiger charge is 2.06. The van der Waals surface area contributed by atoms with Gasteiger partial charge in [-0.05, 0) is 12.1 Å². The average molecular weight is 227 g/mol. The zero-order chi connectivity index (χ0) is 11.1. The van der Waals surface area contributed by atoms with Gasteiger partial charge in [0.05, 0.1) is 7.11 Å². The minimum atomic E-state index is -0.846. The third-order valence-electron chi connectivity index (χ3n) is 1.66. The van der Waals surface area contributed by atoms with Crippen LogP contribution in [0.1, 0.15) is 0 Å². The topological polar surface area (TPSA) is 47.6 Å². The zero-order valence-electron chi connectivity index (χ0n) is 8.77. The molecule has 0 saturated carbocycles. The minimum absolute atomic E-state index is 0.172. The van der Waals surface area contributed by atoms with Crippen LogP contribution in [0.3, 0.4) is 0 Å². The van der Waals surface area contributed by atoms with Gasteiger partial charge in [-0.15, -0.1) is 0 Å². The van der Waals surface area contributed by atoms with Gasteiger partial charge in [0, 0.05) is 6.66 Å². The molecule has 1 aromatic carbocycles. The van der Waals surface area contributed by atoms with Gasteiger partial charge in [-0.2, -0.15) is 0 Å². The van der Waals surface area contributed by atoms with Gasteiger partial charge in [-0.25, -0.2) is 0 Å². The number of nitrogens with one attached hydrogen (secondary N) is 1. The Morgan fingerprint density at radius 2 is 2.07 bits per heavy atom. The lowest BCUT2D eigenvalue weighted by atomic mass is 10.3. The van der Waals surface area contributed by atoms with Crippen molar-refractivity contribution >= 4 is 14.3 Å². The number of carbonyl (C=O) groups is 1. The Bertz CT molecular complexity index is 305. The molecular formula is C10H14NO3P. The number of hydrogen-bond acceptors (Lipinski definition) is 4. The predicted octanol–water partition coefficient (Wildman–Crippen LogP) is 1.77. The number of methoxy groups -OCH3 is 1. The van der Waals surface area contributed by atoms with Crippen LogP contribution >= 0.6 is 8.30 Å². The Labute approximate surface area is 90.5 Å². The van der Waals surface area contributed by atoms with E-state index in [1.165, 1.54) is 7.11 Å². The standard InChI is InChI=1S/C10H14NO3P/c1-13-10(12)8-11-15(2)14-9-6-4-3-5-7-9/h3-7,11H,8H2,1-2H3. The van der Waals surface area contributed by atoms with E-state index < -0.39 is 8.30 Å².